The average molecular weight is 240 g/mol. The monoisotopic (exact) mass is 240 g/mol. The summed E-state index contributed by atoms with van der Waals surface area (Å²) in [6.07, 6.45) is 0.0168. The van der Waals surface area contributed by atoms with E-state index in [4.69, 9.17) is 15.3 Å². The third-order valence-corrected chi connectivity index (χ3v) is 3.08. The SMILES string of the molecule is CCOC(=O)C(CCC#N)(SC#N)C(C)=O. The van der Waals surface area contributed by atoms with Crippen molar-refractivity contribution < 1.29 is 14.3 Å². The third-order valence-electron chi connectivity index (χ3n) is 1.98. The van der Waals surface area contributed by atoms with E-state index in [0.29, 0.717) is 11.8 Å². The zero-order valence-corrected chi connectivity index (χ0v) is 9.97. The quantitative estimate of drug-likeness (QED) is 0.396. The van der Waals surface area contributed by atoms with E-state index in [9.17, 15) is 9.59 Å². The smallest absolute Gasteiger partial charge is 0.330 e. The number of carbonyl (C=O) groups is 2. The van der Waals surface area contributed by atoms with Gasteiger partial charge in [-0.3, -0.25) is 9.59 Å². The molecule has 0 bridgehead atoms. The van der Waals surface area contributed by atoms with Crippen LogP contribution in [0, 0.1) is 22.0 Å². The number of esters is 1. The van der Waals surface area contributed by atoms with Crippen molar-refractivity contribution in [3.05, 3.63) is 0 Å². The largest absolute Gasteiger partial charge is 0.465 e. The van der Waals surface area contributed by atoms with Gasteiger partial charge in [0.15, 0.2) is 10.5 Å². The van der Waals surface area contributed by atoms with Crippen LogP contribution in [0.1, 0.15) is 26.7 Å². The highest BCUT2D eigenvalue weighted by Crippen LogP contribution is 2.32. The van der Waals surface area contributed by atoms with Gasteiger partial charge in [0, 0.05) is 6.42 Å². The first-order chi connectivity index (χ1) is 7.55. The molecule has 1 atom stereocenters. The van der Waals surface area contributed by atoms with Crippen LogP contribution in [0.3, 0.4) is 0 Å². The normalized spacial score (nSPS) is 13.0. The fraction of sp³-hybridized carbons (Fsp3) is 0.600. The molecule has 0 aliphatic carbocycles. The number of carbonyl (C=O) groups excluding carboxylic acids is 2. The van der Waals surface area contributed by atoms with Crippen molar-refractivity contribution >= 4 is 23.5 Å². The van der Waals surface area contributed by atoms with Crippen LogP contribution < -0.4 is 0 Å². The highest BCUT2D eigenvalue weighted by atomic mass is 32.2. The average Bonchev–Trinajstić information content (AvgIpc) is 2.24. The molecule has 0 aromatic heterocycles. The molecule has 0 rings (SSSR count). The summed E-state index contributed by atoms with van der Waals surface area (Å²) in [4.78, 5) is 23.2. The van der Waals surface area contributed by atoms with Gasteiger partial charge in [0.2, 0.25) is 0 Å². The molecule has 0 radical (unpaired) electrons. The molecule has 0 heterocycles. The summed E-state index contributed by atoms with van der Waals surface area (Å²) in [6, 6.07) is 1.85. The van der Waals surface area contributed by atoms with Gasteiger partial charge < -0.3 is 4.74 Å². The van der Waals surface area contributed by atoms with Crippen molar-refractivity contribution in [1.29, 1.82) is 10.5 Å². The molecule has 16 heavy (non-hydrogen) atoms. The number of hydrogen-bond donors (Lipinski definition) is 0. The molecule has 0 amide bonds. The Bertz CT molecular complexity index is 356. The zero-order chi connectivity index (χ0) is 12.6. The predicted octanol–water partition coefficient (Wildman–Crippen LogP) is 1.40. The van der Waals surface area contributed by atoms with E-state index in [0.717, 1.165) is 0 Å². The molecule has 6 heteroatoms. The van der Waals surface area contributed by atoms with E-state index >= 15 is 0 Å². The highest BCUT2D eigenvalue weighted by Gasteiger charge is 2.45. The number of thiocyanates is 1. The van der Waals surface area contributed by atoms with Crippen LogP contribution in [0.15, 0.2) is 0 Å². The van der Waals surface area contributed by atoms with Gasteiger partial charge in [0.05, 0.1) is 12.7 Å². The lowest BCUT2D eigenvalue weighted by atomic mass is 9.98. The van der Waals surface area contributed by atoms with Crippen molar-refractivity contribution in [2.45, 2.75) is 31.4 Å². The summed E-state index contributed by atoms with van der Waals surface area (Å²) in [5.74, 6) is -1.21. The van der Waals surface area contributed by atoms with Gasteiger partial charge in [-0.05, 0) is 32.0 Å². The maximum atomic E-state index is 11.7. The van der Waals surface area contributed by atoms with Gasteiger partial charge in [-0.1, -0.05) is 0 Å². The van der Waals surface area contributed by atoms with Crippen LogP contribution >= 0.6 is 11.8 Å². The minimum absolute atomic E-state index is 0.00407. The first kappa shape index (κ1) is 14.5. The fourth-order valence-corrected chi connectivity index (χ4v) is 1.79. The topological polar surface area (TPSA) is 90.9 Å². The van der Waals surface area contributed by atoms with Gasteiger partial charge in [-0.2, -0.15) is 10.5 Å². The molecule has 0 saturated carbocycles. The number of hydrogen-bond acceptors (Lipinski definition) is 6. The van der Waals surface area contributed by atoms with Crippen molar-refractivity contribution in [1.82, 2.24) is 0 Å². The van der Waals surface area contributed by atoms with Crippen molar-refractivity contribution in [3.8, 4) is 11.5 Å². The second kappa shape index (κ2) is 6.86. The van der Waals surface area contributed by atoms with Crippen LogP contribution in [0.25, 0.3) is 0 Å². The number of ketones is 1. The van der Waals surface area contributed by atoms with Crippen molar-refractivity contribution in [2.24, 2.45) is 0 Å². The molecule has 5 nitrogen and oxygen atoms in total. The predicted molar refractivity (Wildman–Crippen MR) is 58.1 cm³/mol. The second-order valence-electron chi connectivity index (χ2n) is 2.96. The van der Waals surface area contributed by atoms with Gasteiger partial charge in [0.25, 0.3) is 0 Å². The number of nitriles is 2. The zero-order valence-electron chi connectivity index (χ0n) is 9.15. The molecular weight excluding hydrogens is 228 g/mol. The molecule has 1 unspecified atom stereocenters. The Hall–Kier alpha value is -1.53. The van der Waals surface area contributed by atoms with E-state index in [2.05, 4.69) is 0 Å². The first-order valence-corrected chi connectivity index (χ1v) is 5.49. The minimum Gasteiger partial charge on any atom is -0.465 e. The molecule has 0 saturated heterocycles. The van der Waals surface area contributed by atoms with E-state index in [1.165, 1.54) is 6.92 Å². The maximum Gasteiger partial charge on any atom is 0.330 e. The van der Waals surface area contributed by atoms with E-state index in [1.807, 2.05) is 6.07 Å². The van der Waals surface area contributed by atoms with E-state index in [1.54, 1.807) is 12.3 Å². The van der Waals surface area contributed by atoms with Crippen LogP contribution in [0.4, 0.5) is 0 Å². The molecule has 0 aliphatic heterocycles. The number of Topliss-reactive ketones (excluding diaryl/α,β-unsaturated/α-hetero) is 1. The molecule has 0 fully saturated rings. The summed E-state index contributed by atoms with van der Waals surface area (Å²) in [6.45, 7) is 2.97. The molecule has 0 aliphatic rings. The number of thioether (sulfide) groups is 1. The summed E-state index contributed by atoms with van der Waals surface area (Å²) >= 11 is 0.550. The standard InChI is InChI=1S/C10H12N2O3S/c1-3-15-9(14)10(8(2)13,16-7-12)5-4-6-11/h3-5H2,1-2H3. The van der Waals surface area contributed by atoms with Gasteiger partial charge in [-0.15, -0.1) is 0 Å². The van der Waals surface area contributed by atoms with Gasteiger partial charge >= 0.3 is 5.97 Å². The molecule has 0 aromatic carbocycles. The molecule has 0 spiro atoms. The number of nitrogens with zero attached hydrogens (tertiary/aromatic N) is 2. The van der Waals surface area contributed by atoms with Crippen LogP contribution in [0.5, 0.6) is 0 Å². The highest BCUT2D eigenvalue weighted by molar-refractivity contribution is 8.06. The first-order valence-electron chi connectivity index (χ1n) is 4.67. The Morgan fingerprint density at radius 2 is 2.06 bits per heavy atom. The fourth-order valence-electron chi connectivity index (χ4n) is 1.14. The van der Waals surface area contributed by atoms with E-state index < -0.39 is 16.5 Å². The molecular formula is C10H12N2O3S. The van der Waals surface area contributed by atoms with Crippen LogP contribution in [-0.2, 0) is 14.3 Å². The lowest BCUT2D eigenvalue weighted by Gasteiger charge is -2.23. The summed E-state index contributed by atoms with van der Waals surface area (Å²) in [5, 5.41) is 18.8. The Balaban J connectivity index is 5.10. The van der Waals surface area contributed by atoms with Crippen molar-refractivity contribution in [3.63, 3.8) is 0 Å². The molecule has 86 valence electrons. The second-order valence-corrected chi connectivity index (χ2v) is 4.04. The summed E-state index contributed by atoms with van der Waals surface area (Å²) in [5.41, 5.74) is 0. The Kier molecular flexibility index (Phi) is 6.21. The lowest BCUT2D eigenvalue weighted by Crippen LogP contribution is -2.43. The Labute approximate surface area is 98.4 Å². The van der Waals surface area contributed by atoms with Crippen LogP contribution in [-0.4, -0.2) is 23.1 Å². The van der Waals surface area contributed by atoms with Crippen LogP contribution in [0.2, 0.25) is 0 Å². The van der Waals surface area contributed by atoms with Gasteiger partial charge in [0.1, 0.15) is 5.40 Å². The third kappa shape index (κ3) is 3.25. The summed E-state index contributed by atoms with van der Waals surface area (Å²) in [7, 11) is 0. The summed E-state index contributed by atoms with van der Waals surface area (Å²) < 4.78 is 3.22. The number of rotatable bonds is 6. The maximum absolute atomic E-state index is 11.7. The Morgan fingerprint density at radius 1 is 1.44 bits per heavy atom. The van der Waals surface area contributed by atoms with Gasteiger partial charge in [-0.25, -0.2) is 0 Å². The molecule has 0 N–H and O–H groups in total. The Morgan fingerprint density at radius 3 is 2.44 bits per heavy atom. The number of ether oxygens (including phenoxy) is 1. The van der Waals surface area contributed by atoms with E-state index in [-0.39, 0.29) is 19.4 Å². The van der Waals surface area contributed by atoms with Crippen molar-refractivity contribution in [2.75, 3.05) is 6.61 Å². The molecule has 0 aromatic rings. The lowest BCUT2D eigenvalue weighted by molar-refractivity contribution is -0.149. The minimum atomic E-state index is -1.56.